The van der Waals surface area contributed by atoms with Crippen molar-refractivity contribution in [2.45, 2.75) is 17.4 Å². The van der Waals surface area contributed by atoms with Gasteiger partial charge in [-0.25, -0.2) is 18.4 Å². The number of hydrogen-bond donors (Lipinski definition) is 2. The van der Waals surface area contributed by atoms with Gasteiger partial charge in [-0.2, -0.15) is 4.31 Å². The van der Waals surface area contributed by atoms with E-state index in [1.807, 2.05) is 42.5 Å². The van der Waals surface area contributed by atoms with Crippen LogP contribution in [0.25, 0.3) is 22.2 Å². The lowest BCUT2D eigenvalue weighted by Gasteiger charge is -2.25. The summed E-state index contributed by atoms with van der Waals surface area (Å²) in [7, 11) is -3.00. The normalized spacial score (nSPS) is 12.2. The van der Waals surface area contributed by atoms with E-state index in [1.165, 1.54) is 36.2 Å². The first-order chi connectivity index (χ1) is 21.0. The first-order valence-corrected chi connectivity index (χ1v) is 15.6. The minimum absolute atomic E-state index is 0.0179. The summed E-state index contributed by atoms with van der Waals surface area (Å²) in [6, 6.07) is 27.9. The minimum atomic E-state index is -4.23. The van der Waals surface area contributed by atoms with Gasteiger partial charge >= 0.3 is 11.9 Å². The van der Waals surface area contributed by atoms with Gasteiger partial charge in [-0.1, -0.05) is 76.6 Å². The van der Waals surface area contributed by atoms with Crippen molar-refractivity contribution in [3.8, 4) is 11.3 Å². The highest BCUT2D eigenvalue weighted by molar-refractivity contribution is 9.10. The van der Waals surface area contributed by atoms with E-state index in [-0.39, 0.29) is 17.3 Å². The summed E-state index contributed by atoms with van der Waals surface area (Å²) in [5, 5.41) is 20.4. The third-order valence-corrected chi connectivity index (χ3v) is 9.42. The van der Waals surface area contributed by atoms with E-state index >= 15 is 0 Å². The van der Waals surface area contributed by atoms with Gasteiger partial charge in [0.2, 0.25) is 16.0 Å². The molecule has 0 aliphatic carbocycles. The molecule has 0 radical (unpaired) electrons. The molecule has 0 bridgehead atoms. The zero-order chi connectivity index (χ0) is 31.4. The van der Waals surface area contributed by atoms with Crippen molar-refractivity contribution < 1.29 is 28.2 Å². The molecule has 1 unspecified atom stereocenters. The number of nitrogens with zero attached hydrogens (tertiary/aromatic N) is 4. The van der Waals surface area contributed by atoms with Crippen molar-refractivity contribution in [1.29, 1.82) is 0 Å². The van der Waals surface area contributed by atoms with Gasteiger partial charge in [0.05, 0.1) is 16.1 Å². The summed E-state index contributed by atoms with van der Waals surface area (Å²) in [4.78, 5) is 34.7. The molecule has 0 fully saturated rings. The predicted molar refractivity (Wildman–Crippen MR) is 170 cm³/mol. The summed E-state index contributed by atoms with van der Waals surface area (Å²) in [5.74, 6) is -2.31. The number of hydrogen-bond acceptors (Lipinski definition) is 7. The van der Waals surface area contributed by atoms with Crippen LogP contribution in [0, 0.1) is 0 Å². The monoisotopic (exact) mass is 674 g/mol. The second-order valence-electron chi connectivity index (χ2n) is 9.94. The maximum absolute atomic E-state index is 13.5. The summed E-state index contributed by atoms with van der Waals surface area (Å²) < 4.78 is 28.7. The smallest absolute Gasteiger partial charge is 0.323 e. The molecule has 5 aromatic rings. The SMILES string of the molecule is CN(C(Cc1ccccc1)C(=O)O)S(=O)(=O)c1ccc(N(CC(=O)O)c2nc(-c3ccccc3)c3cc(Br)ccc3n2)cc1. The van der Waals surface area contributed by atoms with Crippen LogP contribution in [0.5, 0.6) is 0 Å². The van der Waals surface area contributed by atoms with Gasteiger partial charge in [-0.3, -0.25) is 14.5 Å². The van der Waals surface area contributed by atoms with E-state index < -0.39 is 34.5 Å². The number of aromatic nitrogens is 2. The molecule has 0 aliphatic rings. The van der Waals surface area contributed by atoms with Gasteiger partial charge in [0.25, 0.3) is 0 Å². The van der Waals surface area contributed by atoms with E-state index in [4.69, 9.17) is 4.98 Å². The Morgan fingerprint density at radius 1 is 0.864 bits per heavy atom. The number of carbonyl (C=O) groups is 2. The standard InChI is InChI=1S/C32H27BrN4O6S/c1-36(28(31(40)41)18-21-8-4-2-5-9-21)44(42,43)25-15-13-24(14-16-25)37(20-29(38)39)32-34-27-17-12-23(33)19-26(27)30(35-32)22-10-6-3-7-11-22/h2-17,19,28H,18,20H2,1H3,(H,38,39)(H,40,41). The number of anilines is 2. The van der Waals surface area contributed by atoms with Gasteiger partial charge < -0.3 is 10.2 Å². The Bertz CT molecular complexity index is 1920. The van der Waals surface area contributed by atoms with Gasteiger partial charge in [0.15, 0.2) is 0 Å². The van der Waals surface area contributed by atoms with Crippen LogP contribution in [0.3, 0.4) is 0 Å². The molecule has 0 saturated carbocycles. The number of carboxylic acids is 2. The second-order valence-corrected chi connectivity index (χ2v) is 12.9. The average Bonchev–Trinajstić information content (AvgIpc) is 3.02. The minimum Gasteiger partial charge on any atom is -0.480 e. The quantitative estimate of drug-likeness (QED) is 0.183. The molecule has 0 saturated heterocycles. The molecule has 0 amide bonds. The summed E-state index contributed by atoms with van der Waals surface area (Å²) in [6.45, 7) is -0.500. The molecule has 5 rings (SSSR count). The zero-order valence-corrected chi connectivity index (χ0v) is 25.8. The van der Waals surface area contributed by atoms with Gasteiger partial charge in [-0.15, -0.1) is 0 Å². The molecule has 1 atom stereocenters. The van der Waals surface area contributed by atoms with E-state index in [9.17, 15) is 28.2 Å². The fourth-order valence-corrected chi connectivity index (χ4v) is 6.45. The third-order valence-electron chi connectivity index (χ3n) is 7.05. The molecule has 44 heavy (non-hydrogen) atoms. The van der Waals surface area contributed by atoms with Gasteiger partial charge in [0.1, 0.15) is 12.6 Å². The number of fused-ring (bicyclic) bond motifs is 1. The number of benzene rings is 4. The molecule has 1 aromatic heterocycles. The molecule has 10 nitrogen and oxygen atoms in total. The maximum Gasteiger partial charge on any atom is 0.323 e. The first kappa shape index (κ1) is 30.8. The summed E-state index contributed by atoms with van der Waals surface area (Å²) in [6.07, 6.45) is -0.0179. The Balaban J connectivity index is 1.52. The largest absolute Gasteiger partial charge is 0.480 e. The van der Waals surface area contributed by atoms with Crippen LogP contribution >= 0.6 is 15.9 Å². The lowest BCUT2D eigenvalue weighted by molar-refractivity contribution is -0.141. The number of halogens is 1. The summed E-state index contributed by atoms with van der Waals surface area (Å²) in [5.41, 5.74) is 3.01. The average molecular weight is 676 g/mol. The highest BCUT2D eigenvalue weighted by Gasteiger charge is 2.33. The Kier molecular flexibility index (Phi) is 9.04. The Morgan fingerprint density at radius 3 is 2.11 bits per heavy atom. The zero-order valence-electron chi connectivity index (χ0n) is 23.4. The molecule has 0 aliphatic heterocycles. The molecule has 224 valence electrons. The molecule has 1 heterocycles. The van der Waals surface area contributed by atoms with Crippen molar-refractivity contribution in [3.05, 3.63) is 113 Å². The van der Waals surface area contributed by atoms with Crippen molar-refractivity contribution in [2.24, 2.45) is 0 Å². The van der Waals surface area contributed by atoms with E-state index in [1.54, 1.807) is 36.4 Å². The molecule has 0 spiro atoms. The highest BCUT2D eigenvalue weighted by Crippen LogP contribution is 2.33. The lowest BCUT2D eigenvalue weighted by atomic mass is 10.1. The first-order valence-electron chi connectivity index (χ1n) is 13.4. The summed E-state index contributed by atoms with van der Waals surface area (Å²) >= 11 is 3.49. The molecule has 4 aromatic carbocycles. The van der Waals surface area contributed by atoms with Gasteiger partial charge in [0, 0.05) is 28.2 Å². The number of sulfonamides is 1. The molecular formula is C32H27BrN4O6S. The lowest BCUT2D eigenvalue weighted by Crippen LogP contribution is -2.43. The van der Waals surface area contributed by atoms with Crippen LogP contribution < -0.4 is 4.90 Å². The maximum atomic E-state index is 13.5. The number of likely N-dealkylation sites (N-methyl/N-ethyl adjacent to an activating group) is 1. The third kappa shape index (κ3) is 6.62. The van der Waals surface area contributed by atoms with Crippen molar-refractivity contribution in [2.75, 3.05) is 18.5 Å². The predicted octanol–water partition coefficient (Wildman–Crippen LogP) is 5.60. The molecule has 12 heteroatoms. The van der Waals surface area contributed by atoms with Crippen LogP contribution in [0.4, 0.5) is 11.6 Å². The fraction of sp³-hybridized carbons (Fsp3) is 0.125. The van der Waals surface area contributed by atoms with E-state index in [2.05, 4.69) is 20.9 Å². The van der Waals surface area contributed by atoms with Crippen LogP contribution in [-0.2, 0) is 26.0 Å². The molecular weight excluding hydrogens is 648 g/mol. The van der Waals surface area contributed by atoms with Gasteiger partial charge in [-0.05, 0) is 54.4 Å². The number of carboxylic acid groups (broad SMARTS) is 2. The molecule has 2 N–H and O–H groups in total. The second kappa shape index (κ2) is 12.9. The van der Waals surface area contributed by atoms with Crippen LogP contribution in [0.2, 0.25) is 0 Å². The van der Waals surface area contributed by atoms with Crippen LogP contribution in [0.1, 0.15) is 5.56 Å². The Morgan fingerprint density at radius 2 is 1.50 bits per heavy atom. The fourth-order valence-electron chi connectivity index (χ4n) is 4.78. The topological polar surface area (TPSA) is 141 Å². The number of rotatable bonds is 11. The number of aliphatic carboxylic acids is 2. The Labute approximate surface area is 262 Å². The Hall–Kier alpha value is -4.65. The van der Waals surface area contributed by atoms with Crippen molar-refractivity contribution in [3.63, 3.8) is 0 Å². The van der Waals surface area contributed by atoms with Crippen LogP contribution in [0.15, 0.2) is 112 Å². The van der Waals surface area contributed by atoms with Crippen LogP contribution in [-0.4, -0.2) is 64.5 Å². The van der Waals surface area contributed by atoms with Crippen molar-refractivity contribution >= 4 is 60.4 Å². The highest BCUT2D eigenvalue weighted by atomic mass is 79.9. The van der Waals surface area contributed by atoms with Crippen molar-refractivity contribution in [1.82, 2.24) is 14.3 Å². The van der Waals surface area contributed by atoms with E-state index in [0.29, 0.717) is 22.5 Å². The van der Waals surface area contributed by atoms with E-state index in [0.717, 1.165) is 19.7 Å².